The average molecular weight is 1830 g/mol. The van der Waals surface area contributed by atoms with E-state index in [-0.39, 0.29) is 43.1 Å². The molecular weight excluding hydrogens is 1740 g/mol. The van der Waals surface area contributed by atoms with Crippen LogP contribution in [0, 0.1) is 70.4 Å². The Morgan fingerprint density at radius 1 is 0.525 bits per heavy atom. The van der Waals surface area contributed by atoms with Crippen molar-refractivity contribution in [1.29, 1.82) is 0 Å². The van der Waals surface area contributed by atoms with Crippen LogP contribution in [0.2, 0.25) is 10.0 Å². The summed E-state index contributed by atoms with van der Waals surface area (Å²) in [6, 6.07) is 22.9. The Labute approximate surface area is 714 Å². The van der Waals surface area contributed by atoms with Gasteiger partial charge >= 0.3 is 7.12 Å². The second-order valence-corrected chi connectivity index (χ2v) is 38.3. The molecule has 11 rings (SSSR count). The molecule has 1 aliphatic heterocycles. The summed E-state index contributed by atoms with van der Waals surface area (Å²) < 4.78 is 146. The third kappa shape index (κ3) is 26.0. The van der Waals surface area contributed by atoms with Crippen LogP contribution in [0.3, 0.4) is 0 Å². The van der Waals surface area contributed by atoms with Gasteiger partial charge in [0.15, 0.2) is 19.7 Å². The summed E-state index contributed by atoms with van der Waals surface area (Å²) >= 11 is 19.9. The van der Waals surface area contributed by atoms with Gasteiger partial charge < -0.3 is 41.0 Å². The number of hydrogen-bond acceptors (Lipinski definition) is 17. The Bertz CT molecular complexity index is 5810. The number of rotatable bonds is 17. The van der Waals surface area contributed by atoms with Gasteiger partial charge in [0.1, 0.15) is 68.8 Å². The fourth-order valence-electron chi connectivity index (χ4n) is 12.7. The van der Waals surface area contributed by atoms with E-state index < -0.39 is 89.7 Å². The Balaban J connectivity index is 0.000000222. The quantitative estimate of drug-likeness (QED) is 0.0281. The van der Waals surface area contributed by atoms with E-state index in [9.17, 15) is 58.5 Å². The first-order chi connectivity index (χ1) is 54.0. The number of nitrogens with two attached hydrogens (primary N) is 1. The van der Waals surface area contributed by atoms with E-state index in [0.717, 1.165) is 51.3 Å². The third-order valence-corrected chi connectivity index (χ3v) is 22.0. The predicted molar refractivity (Wildman–Crippen MR) is 467 cm³/mol. The molecular formula is C86H97BBr2Cl2F6N10O9S2. The first-order valence-corrected chi connectivity index (χ1v) is 43.2. The molecule has 0 aliphatic carbocycles. The van der Waals surface area contributed by atoms with Gasteiger partial charge in [-0.1, -0.05) is 81.3 Å². The minimum Gasteiger partial charge on any atom is -0.399 e. The number of hydrogen-bond donors (Lipinski definition) is 6. The number of anilines is 3. The lowest BCUT2D eigenvalue weighted by Crippen LogP contribution is -2.41. The second-order valence-electron chi connectivity index (χ2n) is 31.5. The zero-order valence-corrected chi connectivity index (χ0v) is 74.5. The maximum absolute atomic E-state index is 14.0. The molecule has 1 saturated heterocycles. The molecule has 0 amide bonds. The van der Waals surface area contributed by atoms with Crippen LogP contribution < -0.4 is 21.8 Å². The number of aliphatic hydroxyl groups is 3. The van der Waals surface area contributed by atoms with Gasteiger partial charge in [-0.3, -0.25) is 9.36 Å². The maximum atomic E-state index is 14.0. The summed E-state index contributed by atoms with van der Waals surface area (Å²) in [5.74, 6) is 12.1. The molecule has 5 aromatic heterocycles. The van der Waals surface area contributed by atoms with E-state index in [2.05, 4.69) is 98.2 Å². The van der Waals surface area contributed by atoms with Crippen molar-refractivity contribution < 1.29 is 67.8 Å². The highest BCUT2D eigenvalue weighted by atomic mass is 79.9. The summed E-state index contributed by atoms with van der Waals surface area (Å²) in [5.41, 5.74) is 12.2. The van der Waals surface area contributed by atoms with Crippen molar-refractivity contribution in [1.82, 2.24) is 34.5 Å². The molecule has 32 heteroatoms. The van der Waals surface area contributed by atoms with Gasteiger partial charge in [-0.15, -0.1) is 0 Å². The Hall–Kier alpha value is -8.55. The fraction of sp³-hybridized carbons (Fsp3) is 0.384. The number of aryl methyl sites for hydroxylation is 2. The van der Waals surface area contributed by atoms with Crippen LogP contribution in [0.25, 0.3) is 32.9 Å². The van der Waals surface area contributed by atoms with Gasteiger partial charge in [0.2, 0.25) is 0 Å². The van der Waals surface area contributed by atoms with Crippen molar-refractivity contribution in [2.45, 2.75) is 174 Å². The van der Waals surface area contributed by atoms with E-state index in [1.54, 1.807) is 97.3 Å². The number of aromatic nitrogens is 7. The van der Waals surface area contributed by atoms with Gasteiger partial charge in [-0.2, -0.15) is 10.2 Å². The van der Waals surface area contributed by atoms with E-state index in [4.69, 9.17) is 43.2 Å². The minimum absolute atomic E-state index is 0. The number of sulfone groups is 2. The fourth-order valence-corrected chi connectivity index (χ4v) is 16.1. The topological polar surface area (TPSA) is 272 Å². The number of halogens is 10. The lowest BCUT2D eigenvalue weighted by Gasteiger charge is -2.32. The molecule has 10 aromatic rings. The number of pyridine rings is 3. The first-order valence-electron chi connectivity index (χ1n) is 36.7. The summed E-state index contributed by atoms with van der Waals surface area (Å²) in [5, 5.41) is 46.7. The summed E-state index contributed by atoms with van der Waals surface area (Å²) in [7, 11) is -0.259. The molecule has 118 heavy (non-hydrogen) atoms. The van der Waals surface area contributed by atoms with Crippen molar-refractivity contribution in [2.75, 3.05) is 43.0 Å². The highest BCUT2D eigenvalue weighted by Crippen LogP contribution is 2.42. The van der Waals surface area contributed by atoms with Crippen LogP contribution in [-0.4, -0.2) is 128 Å². The van der Waals surface area contributed by atoms with Gasteiger partial charge in [-0.25, -0.2) is 58.1 Å². The molecule has 6 heterocycles. The van der Waals surface area contributed by atoms with Crippen molar-refractivity contribution in [3.8, 4) is 46.6 Å². The molecule has 0 unspecified atom stereocenters. The standard InChI is InChI=1S/C30H31ClF2N4O3S.C20H21BrF2N2O.C19H19BrF2N2O.C16H22BClN2O4S.CH4/c1-17(11-18-12-19(32)14-20(33)13-18)28-22(15-25(34-4)24(35-28)9-10-30(2,3)38)21-7-8-23(31)27-26(16-41(6,39)40)36-37(5)29(21)27;1-12(7-13-8-14(22)10-15(23)9-13)19-16(21)11-18(24-4)17(25-19)5-6-20(2,3)26;1-11(6-12-7-13(21)9-14(22)8-12)18-15(20)10-16(23)17(24-18)4-5-19(2,3)25;1-15(2)16(3,4)24-17(23-15)10-7-8-11(18)13-12(9-25(6,21)22)19-20(5)14(10)13;/h7-8,12-15,17,34,38H,11,16H2,1-6H3;8-12,24,26H,7H2,1-4H3;7-11,25H,6,23H2,1-3H3;7-8H,9H2,1-6H3;1H4/t17-;12-;11-;;/m000../s1. The molecule has 0 bridgehead atoms. The maximum Gasteiger partial charge on any atom is 0.497 e. The molecule has 0 radical (unpaired) electrons. The number of nitrogen functional groups attached to an aromatic ring is 1. The lowest BCUT2D eigenvalue weighted by atomic mass is 9.77. The van der Waals surface area contributed by atoms with E-state index in [1.165, 1.54) is 42.7 Å². The lowest BCUT2D eigenvalue weighted by molar-refractivity contribution is 0.00578. The number of nitrogens with zero attached hydrogens (tertiary/aromatic N) is 7. The third-order valence-electron chi connectivity index (χ3n) is 18.5. The highest BCUT2D eigenvalue weighted by Gasteiger charge is 2.52. The number of benzene rings is 5. The molecule has 1 aliphatic rings. The largest absolute Gasteiger partial charge is 0.497 e. The normalized spacial score (nSPS) is 13.9. The van der Waals surface area contributed by atoms with Crippen LogP contribution in [0.4, 0.5) is 43.4 Å². The van der Waals surface area contributed by atoms with Crippen LogP contribution in [0.5, 0.6) is 0 Å². The summed E-state index contributed by atoms with van der Waals surface area (Å²) in [6.07, 6.45) is 3.42. The van der Waals surface area contributed by atoms with Crippen LogP contribution >= 0.6 is 55.1 Å². The van der Waals surface area contributed by atoms with Crippen LogP contribution in [-0.2, 0) is 73.8 Å². The average Bonchev–Trinajstić information content (AvgIpc) is 1.58. The molecule has 5 aromatic carbocycles. The molecule has 3 atom stereocenters. The molecule has 630 valence electrons. The highest BCUT2D eigenvalue weighted by molar-refractivity contribution is 9.10. The molecule has 0 spiro atoms. The number of fused-ring (bicyclic) bond motifs is 2. The predicted octanol–water partition coefficient (Wildman–Crippen LogP) is 17.1. The van der Waals surface area contributed by atoms with Crippen LogP contribution in [0.1, 0.15) is 177 Å². The van der Waals surface area contributed by atoms with Crippen molar-refractivity contribution in [2.24, 2.45) is 14.1 Å². The molecule has 19 nitrogen and oxygen atoms in total. The van der Waals surface area contributed by atoms with Gasteiger partial charge in [0.25, 0.3) is 0 Å². The molecule has 1 fully saturated rings. The smallest absolute Gasteiger partial charge is 0.399 e. The Morgan fingerprint density at radius 2 is 0.856 bits per heavy atom. The summed E-state index contributed by atoms with van der Waals surface area (Å²) in [4.78, 5) is 14.0. The molecule has 7 N–H and O–H groups in total. The zero-order chi connectivity index (χ0) is 87.3. The Kier molecular flexibility index (Phi) is 31.5. The van der Waals surface area contributed by atoms with Crippen molar-refractivity contribution in [3.05, 3.63) is 213 Å². The Morgan fingerprint density at radius 3 is 1.24 bits per heavy atom. The van der Waals surface area contributed by atoms with Gasteiger partial charge in [-0.05, 0) is 222 Å². The SMILES string of the molecule is C.CNc1cc(-c2ccc(Cl)c3c(CS(C)(=O)=O)nn(C)c23)c([C@@H](C)Cc2cc(F)cc(F)c2)nc1C#CC(C)(C)O.CNc1cc(Br)c([C@@H](C)Cc2cc(F)cc(F)c2)nc1C#CC(C)(C)O.C[C@@H](Cc1cc(F)cc(F)c1)c1nc(C#CC(C)(C)O)c(N)cc1Br.Cn1nc(CS(C)(=O)=O)c2c(Cl)ccc(B3OC(C)(C)C(C)(C)O3)c21. The zero-order valence-electron chi connectivity index (χ0n) is 68.2. The van der Waals surface area contributed by atoms with E-state index in [1.807, 2.05) is 72.7 Å². The van der Waals surface area contributed by atoms with Gasteiger partial charge in [0, 0.05) is 113 Å². The summed E-state index contributed by atoms with van der Waals surface area (Å²) in [6.45, 7) is 23.1. The van der Waals surface area contributed by atoms with Crippen molar-refractivity contribution >= 4 is 126 Å². The van der Waals surface area contributed by atoms with E-state index in [0.29, 0.717) is 123 Å². The van der Waals surface area contributed by atoms with E-state index >= 15 is 0 Å². The van der Waals surface area contributed by atoms with Crippen LogP contribution in [0.15, 0.2) is 106 Å². The van der Waals surface area contributed by atoms with Gasteiger partial charge in [0.05, 0.1) is 89.3 Å². The van der Waals surface area contributed by atoms with Crippen molar-refractivity contribution in [3.63, 3.8) is 0 Å². The molecule has 0 saturated carbocycles. The monoisotopic (exact) mass is 1830 g/mol. The number of nitrogens with one attached hydrogen (secondary N) is 2. The second kappa shape index (κ2) is 38.5. The first kappa shape index (κ1) is 96.6. The minimum atomic E-state index is -3.40.